The number of anilines is 1. The first-order chi connectivity index (χ1) is 10.6. The molecule has 3 N–H and O–H groups in total. The second-order valence-electron chi connectivity index (χ2n) is 5.06. The van der Waals surface area contributed by atoms with Crippen molar-refractivity contribution < 1.29 is 0 Å². The van der Waals surface area contributed by atoms with Gasteiger partial charge in [0.15, 0.2) is 0 Å². The van der Waals surface area contributed by atoms with E-state index in [0.29, 0.717) is 17.9 Å². The highest BCUT2D eigenvalue weighted by Crippen LogP contribution is 2.11. The van der Waals surface area contributed by atoms with Gasteiger partial charge in [0.2, 0.25) is 0 Å². The van der Waals surface area contributed by atoms with Crippen molar-refractivity contribution in [2.45, 2.75) is 25.6 Å². The van der Waals surface area contributed by atoms with Gasteiger partial charge in [-0.05, 0) is 17.5 Å². The van der Waals surface area contributed by atoms with Crippen LogP contribution in [0.2, 0.25) is 0 Å². The monoisotopic (exact) mass is 317 g/mol. The molecule has 22 heavy (non-hydrogen) atoms. The van der Waals surface area contributed by atoms with Crippen molar-refractivity contribution in [2.75, 3.05) is 5.73 Å². The molecule has 0 aliphatic heterocycles. The first kappa shape index (κ1) is 14.6. The number of nitrogens with one attached hydrogen (secondary N) is 1. The Balaban J connectivity index is 1.98. The van der Waals surface area contributed by atoms with Crippen molar-refractivity contribution in [1.29, 1.82) is 0 Å². The molecule has 6 nitrogen and oxygen atoms in total. The molecule has 0 saturated carbocycles. The molecular formula is C15H16ClN5O. The van der Waals surface area contributed by atoms with Gasteiger partial charge in [0, 0.05) is 6.42 Å². The quantitative estimate of drug-likeness (QED) is 0.719. The molecule has 0 bridgehead atoms. The number of H-pyrrole nitrogens is 1. The van der Waals surface area contributed by atoms with Crippen LogP contribution in [-0.4, -0.2) is 19.6 Å². The Bertz CT molecular complexity index is 866. The summed E-state index contributed by atoms with van der Waals surface area (Å²) in [5.74, 6) is 1.02. The third-order valence-corrected chi connectivity index (χ3v) is 3.84. The van der Waals surface area contributed by atoms with Crippen molar-refractivity contribution in [2.24, 2.45) is 0 Å². The third kappa shape index (κ3) is 2.57. The van der Waals surface area contributed by atoms with Crippen LogP contribution in [0, 0.1) is 0 Å². The van der Waals surface area contributed by atoms with Crippen molar-refractivity contribution in [3.63, 3.8) is 0 Å². The maximum absolute atomic E-state index is 12.1. The summed E-state index contributed by atoms with van der Waals surface area (Å²) in [6, 6.07) is 8.29. The van der Waals surface area contributed by atoms with Crippen LogP contribution in [0.4, 0.5) is 5.69 Å². The van der Waals surface area contributed by atoms with Crippen molar-refractivity contribution in [3.8, 4) is 0 Å². The largest absolute Gasteiger partial charge is 0.393 e. The standard InChI is InChI=1S/C15H16ClN5O/c1-2-9-3-5-10(6-4-9)7-12-19-15-18-11(8-16)13(17)14(22)21(15)20-12/h3-6H,2,7-8,17H2,1H3,(H,18,19,20). The number of fused-ring (bicyclic) bond motifs is 1. The van der Waals surface area contributed by atoms with Crippen LogP contribution in [0.1, 0.15) is 29.6 Å². The predicted molar refractivity (Wildman–Crippen MR) is 86.2 cm³/mol. The summed E-state index contributed by atoms with van der Waals surface area (Å²) >= 11 is 5.74. The molecular weight excluding hydrogens is 302 g/mol. The third-order valence-electron chi connectivity index (χ3n) is 3.58. The van der Waals surface area contributed by atoms with E-state index in [4.69, 9.17) is 17.3 Å². The highest BCUT2D eigenvalue weighted by atomic mass is 35.5. The smallest absolute Gasteiger partial charge is 0.297 e. The van der Waals surface area contributed by atoms with Crippen LogP contribution in [0.3, 0.4) is 0 Å². The molecule has 0 aliphatic rings. The minimum atomic E-state index is -0.374. The topological polar surface area (TPSA) is 89.1 Å². The zero-order valence-electron chi connectivity index (χ0n) is 12.1. The second-order valence-corrected chi connectivity index (χ2v) is 5.33. The number of benzene rings is 1. The molecule has 0 spiro atoms. The summed E-state index contributed by atoms with van der Waals surface area (Å²) in [6.45, 7) is 2.12. The Kier molecular flexibility index (Phi) is 3.85. The Morgan fingerprint density at radius 3 is 2.55 bits per heavy atom. The number of hydrogen-bond donors (Lipinski definition) is 2. The fraction of sp³-hybridized carbons (Fsp3) is 0.267. The van der Waals surface area contributed by atoms with Gasteiger partial charge in [0.05, 0.1) is 11.6 Å². The van der Waals surface area contributed by atoms with Gasteiger partial charge in [0.1, 0.15) is 11.5 Å². The van der Waals surface area contributed by atoms with E-state index in [1.54, 1.807) is 0 Å². The molecule has 2 heterocycles. The maximum Gasteiger partial charge on any atom is 0.297 e. The van der Waals surface area contributed by atoms with Gasteiger partial charge in [-0.15, -0.1) is 11.6 Å². The van der Waals surface area contributed by atoms with Gasteiger partial charge < -0.3 is 5.73 Å². The summed E-state index contributed by atoms with van der Waals surface area (Å²) in [5.41, 5.74) is 8.15. The first-order valence-electron chi connectivity index (χ1n) is 7.02. The summed E-state index contributed by atoms with van der Waals surface area (Å²) in [6.07, 6.45) is 1.59. The van der Waals surface area contributed by atoms with E-state index < -0.39 is 0 Å². The van der Waals surface area contributed by atoms with Crippen LogP contribution in [0.15, 0.2) is 29.1 Å². The number of aromatic nitrogens is 4. The Labute approximate surface area is 131 Å². The van der Waals surface area contributed by atoms with Crippen LogP contribution in [-0.2, 0) is 18.7 Å². The molecule has 0 unspecified atom stereocenters. The molecule has 0 aliphatic carbocycles. The lowest BCUT2D eigenvalue weighted by molar-refractivity contribution is 0.859. The highest BCUT2D eigenvalue weighted by molar-refractivity contribution is 6.17. The number of aromatic amines is 1. The van der Waals surface area contributed by atoms with Crippen molar-refractivity contribution in [3.05, 3.63) is 57.3 Å². The van der Waals surface area contributed by atoms with Gasteiger partial charge in [-0.1, -0.05) is 31.2 Å². The highest BCUT2D eigenvalue weighted by Gasteiger charge is 2.12. The second kappa shape index (κ2) is 5.81. The van der Waals surface area contributed by atoms with E-state index in [2.05, 4.69) is 46.3 Å². The molecule has 0 saturated heterocycles. The molecule has 7 heteroatoms. The normalized spacial score (nSPS) is 11.2. The van der Waals surface area contributed by atoms with E-state index in [9.17, 15) is 4.79 Å². The Morgan fingerprint density at radius 1 is 1.23 bits per heavy atom. The minimum Gasteiger partial charge on any atom is -0.393 e. The molecule has 2 aromatic heterocycles. The Hall–Kier alpha value is -2.34. The number of hydrogen-bond acceptors (Lipinski definition) is 4. The zero-order chi connectivity index (χ0) is 15.7. The van der Waals surface area contributed by atoms with Gasteiger partial charge in [-0.25, -0.2) is 4.98 Å². The summed E-state index contributed by atoms with van der Waals surface area (Å²) in [7, 11) is 0. The average molecular weight is 318 g/mol. The number of aryl methyl sites for hydroxylation is 1. The van der Waals surface area contributed by atoms with Crippen LogP contribution < -0.4 is 11.3 Å². The summed E-state index contributed by atoms with van der Waals surface area (Å²) < 4.78 is 1.25. The predicted octanol–water partition coefficient (Wildman–Crippen LogP) is 1.89. The number of rotatable bonds is 4. The number of nitrogens with zero attached hydrogens (tertiary/aromatic N) is 3. The van der Waals surface area contributed by atoms with E-state index in [1.165, 1.54) is 10.1 Å². The number of alkyl halides is 1. The SMILES string of the molecule is CCc1ccc(Cc2nc3nc(CCl)c(N)c(=O)n3[nH]2)cc1. The van der Waals surface area contributed by atoms with Crippen LogP contribution >= 0.6 is 11.6 Å². The van der Waals surface area contributed by atoms with E-state index in [1.807, 2.05) is 0 Å². The van der Waals surface area contributed by atoms with Gasteiger partial charge >= 0.3 is 0 Å². The Morgan fingerprint density at radius 2 is 1.91 bits per heavy atom. The lowest BCUT2D eigenvalue weighted by Crippen LogP contribution is -2.21. The molecule has 1 aromatic carbocycles. The lowest BCUT2D eigenvalue weighted by Gasteiger charge is -2.00. The van der Waals surface area contributed by atoms with Gasteiger partial charge in [0.25, 0.3) is 11.3 Å². The van der Waals surface area contributed by atoms with E-state index >= 15 is 0 Å². The molecule has 0 fully saturated rings. The van der Waals surface area contributed by atoms with Crippen LogP contribution in [0.25, 0.3) is 5.78 Å². The number of nitrogens with two attached hydrogens (primary N) is 1. The summed E-state index contributed by atoms with van der Waals surface area (Å²) in [5, 5.41) is 2.94. The van der Waals surface area contributed by atoms with Gasteiger partial charge in [-0.2, -0.15) is 9.50 Å². The first-order valence-corrected chi connectivity index (χ1v) is 7.55. The van der Waals surface area contributed by atoms with E-state index in [-0.39, 0.29) is 22.9 Å². The number of halogens is 1. The van der Waals surface area contributed by atoms with Gasteiger partial charge in [-0.3, -0.25) is 9.89 Å². The maximum atomic E-state index is 12.1. The zero-order valence-corrected chi connectivity index (χ0v) is 12.9. The molecule has 0 atom stereocenters. The molecule has 3 rings (SSSR count). The van der Waals surface area contributed by atoms with Crippen molar-refractivity contribution >= 4 is 23.1 Å². The number of nitrogen functional groups attached to an aromatic ring is 1. The van der Waals surface area contributed by atoms with Crippen LogP contribution in [0.5, 0.6) is 0 Å². The fourth-order valence-electron chi connectivity index (χ4n) is 2.28. The average Bonchev–Trinajstić information content (AvgIpc) is 2.94. The lowest BCUT2D eigenvalue weighted by atomic mass is 10.1. The molecule has 3 aromatic rings. The van der Waals surface area contributed by atoms with Crippen molar-refractivity contribution in [1.82, 2.24) is 19.6 Å². The molecule has 0 amide bonds. The molecule has 0 radical (unpaired) electrons. The minimum absolute atomic E-state index is 0.0509. The molecule has 114 valence electrons. The summed E-state index contributed by atoms with van der Waals surface area (Å²) in [4.78, 5) is 20.7. The fourth-order valence-corrected chi connectivity index (χ4v) is 2.49. The van der Waals surface area contributed by atoms with E-state index in [0.717, 1.165) is 12.0 Å².